The second kappa shape index (κ2) is 7.92. The summed E-state index contributed by atoms with van der Waals surface area (Å²) in [5.41, 5.74) is 2.66. The van der Waals surface area contributed by atoms with Gasteiger partial charge in [0.1, 0.15) is 0 Å². The Hall–Kier alpha value is -3.67. The van der Waals surface area contributed by atoms with E-state index in [1.54, 1.807) is 30.0 Å². The summed E-state index contributed by atoms with van der Waals surface area (Å²) in [6.45, 7) is 2.04. The number of aromatic carboxylic acids is 1. The van der Waals surface area contributed by atoms with Crippen LogP contribution >= 0.6 is 0 Å². The van der Waals surface area contributed by atoms with Crippen LogP contribution in [0.4, 0.5) is 0 Å². The van der Waals surface area contributed by atoms with Crippen molar-refractivity contribution in [2.75, 3.05) is 7.11 Å². The molecule has 6 heteroatoms. The molecule has 1 aliphatic heterocycles. The maximum absolute atomic E-state index is 13.0. The number of allylic oxidation sites excluding steroid dienone is 1. The van der Waals surface area contributed by atoms with Crippen LogP contribution in [0.5, 0.6) is 0 Å². The molecule has 1 N–H and O–H groups in total. The molecule has 0 spiro atoms. The minimum atomic E-state index is -1.03. The van der Waals surface area contributed by atoms with Crippen LogP contribution in [0.15, 0.2) is 71.4 Å². The highest BCUT2D eigenvalue weighted by Gasteiger charge is 2.36. The molecule has 3 rings (SSSR count). The van der Waals surface area contributed by atoms with Gasteiger partial charge in [-0.25, -0.2) is 9.59 Å². The Morgan fingerprint density at radius 2 is 1.71 bits per heavy atom. The summed E-state index contributed by atoms with van der Waals surface area (Å²) in [5.74, 6) is -1.92. The Bertz CT molecular complexity index is 987. The maximum atomic E-state index is 13.0. The average molecular weight is 377 g/mol. The number of esters is 1. The highest BCUT2D eigenvalue weighted by atomic mass is 16.5. The van der Waals surface area contributed by atoms with Crippen LogP contribution in [-0.2, 0) is 20.9 Å². The van der Waals surface area contributed by atoms with Crippen LogP contribution in [0.2, 0.25) is 0 Å². The summed E-state index contributed by atoms with van der Waals surface area (Å²) in [5, 5.41) is 9.01. The van der Waals surface area contributed by atoms with E-state index in [0.29, 0.717) is 17.8 Å². The fourth-order valence-electron chi connectivity index (χ4n) is 3.07. The van der Waals surface area contributed by atoms with Crippen LogP contribution in [0.3, 0.4) is 0 Å². The van der Waals surface area contributed by atoms with E-state index in [0.717, 1.165) is 5.56 Å². The maximum Gasteiger partial charge on any atom is 0.340 e. The molecule has 2 aromatic rings. The van der Waals surface area contributed by atoms with Crippen molar-refractivity contribution < 1.29 is 24.2 Å². The summed E-state index contributed by atoms with van der Waals surface area (Å²) in [6.07, 6.45) is 1.58. The minimum absolute atomic E-state index is 0.144. The van der Waals surface area contributed by atoms with Crippen LogP contribution in [-0.4, -0.2) is 35.0 Å². The van der Waals surface area contributed by atoms with Crippen molar-refractivity contribution in [3.05, 3.63) is 88.1 Å². The van der Waals surface area contributed by atoms with Crippen molar-refractivity contribution in [3.8, 4) is 0 Å². The molecule has 28 heavy (non-hydrogen) atoms. The zero-order valence-corrected chi connectivity index (χ0v) is 15.5. The molecule has 0 saturated heterocycles. The lowest BCUT2D eigenvalue weighted by Crippen LogP contribution is -2.24. The van der Waals surface area contributed by atoms with E-state index >= 15 is 0 Å². The third-order valence-corrected chi connectivity index (χ3v) is 4.55. The van der Waals surface area contributed by atoms with Crippen molar-refractivity contribution in [2.45, 2.75) is 13.5 Å². The Morgan fingerprint density at radius 3 is 2.29 bits per heavy atom. The highest BCUT2D eigenvalue weighted by molar-refractivity contribution is 6.16. The molecule has 0 aliphatic carbocycles. The molecule has 0 atom stereocenters. The molecular formula is C22H19NO5. The molecule has 0 fully saturated rings. The fraction of sp³-hybridized carbons (Fsp3) is 0.136. The Kier molecular flexibility index (Phi) is 5.40. The summed E-state index contributed by atoms with van der Waals surface area (Å²) in [6, 6.07) is 15.6. The number of nitrogens with zero attached hydrogens (tertiary/aromatic N) is 1. The fourth-order valence-corrected chi connectivity index (χ4v) is 3.07. The van der Waals surface area contributed by atoms with Gasteiger partial charge in [-0.1, -0.05) is 42.5 Å². The number of carbonyl (C=O) groups excluding carboxylic acids is 2. The number of hydrogen-bond donors (Lipinski definition) is 1. The Balaban J connectivity index is 2.00. The first-order chi connectivity index (χ1) is 13.4. The van der Waals surface area contributed by atoms with E-state index < -0.39 is 11.9 Å². The van der Waals surface area contributed by atoms with Crippen LogP contribution in [0.1, 0.15) is 28.4 Å². The molecule has 2 aromatic carbocycles. The van der Waals surface area contributed by atoms with Gasteiger partial charge in [0.2, 0.25) is 0 Å². The number of amides is 1. The van der Waals surface area contributed by atoms with Crippen molar-refractivity contribution in [1.82, 2.24) is 4.90 Å². The summed E-state index contributed by atoms with van der Waals surface area (Å²) >= 11 is 0. The smallest absolute Gasteiger partial charge is 0.340 e. The van der Waals surface area contributed by atoms with E-state index in [-0.39, 0.29) is 22.6 Å². The van der Waals surface area contributed by atoms with Gasteiger partial charge in [-0.2, -0.15) is 0 Å². The van der Waals surface area contributed by atoms with E-state index in [2.05, 4.69) is 0 Å². The largest absolute Gasteiger partial charge is 0.478 e. The SMILES string of the molecule is COC(=O)C1=C(C)N(Cc2ccccc2)C(=O)C1=Cc1ccc(C(=O)O)cc1. The monoisotopic (exact) mass is 377 g/mol. The van der Waals surface area contributed by atoms with Gasteiger partial charge in [0.25, 0.3) is 5.91 Å². The van der Waals surface area contributed by atoms with Gasteiger partial charge in [-0.15, -0.1) is 0 Å². The van der Waals surface area contributed by atoms with Gasteiger partial charge in [-0.05, 0) is 36.3 Å². The minimum Gasteiger partial charge on any atom is -0.478 e. The number of hydrogen-bond acceptors (Lipinski definition) is 4. The van der Waals surface area contributed by atoms with Crippen molar-refractivity contribution in [2.24, 2.45) is 0 Å². The Morgan fingerprint density at radius 1 is 1.07 bits per heavy atom. The molecule has 0 aromatic heterocycles. The predicted molar refractivity (Wildman–Crippen MR) is 103 cm³/mol. The van der Waals surface area contributed by atoms with Crippen molar-refractivity contribution in [1.29, 1.82) is 0 Å². The lowest BCUT2D eigenvalue weighted by atomic mass is 10.0. The second-order valence-corrected chi connectivity index (χ2v) is 6.31. The quantitative estimate of drug-likeness (QED) is 0.639. The van der Waals surface area contributed by atoms with Gasteiger partial charge in [0.05, 0.1) is 30.4 Å². The number of methoxy groups -OCH3 is 1. The molecule has 6 nitrogen and oxygen atoms in total. The number of carbonyl (C=O) groups is 3. The summed E-state index contributed by atoms with van der Waals surface area (Å²) in [4.78, 5) is 37.9. The summed E-state index contributed by atoms with van der Waals surface area (Å²) in [7, 11) is 1.27. The highest BCUT2D eigenvalue weighted by Crippen LogP contribution is 2.32. The summed E-state index contributed by atoms with van der Waals surface area (Å²) < 4.78 is 4.88. The predicted octanol–water partition coefficient (Wildman–Crippen LogP) is 3.26. The van der Waals surface area contributed by atoms with Gasteiger partial charge < -0.3 is 14.7 Å². The zero-order chi connectivity index (χ0) is 20.3. The van der Waals surface area contributed by atoms with E-state index in [1.807, 2.05) is 30.3 Å². The zero-order valence-electron chi connectivity index (χ0n) is 15.5. The first-order valence-electron chi connectivity index (χ1n) is 8.62. The third-order valence-electron chi connectivity index (χ3n) is 4.55. The second-order valence-electron chi connectivity index (χ2n) is 6.31. The number of ether oxygens (including phenoxy) is 1. The van der Waals surface area contributed by atoms with E-state index in [4.69, 9.17) is 9.84 Å². The lowest BCUT2D eigenvalue weighted by molar-refractivity contribution is -0.136. The van der Waals surface area contributed by atoms with E-state index in [9.17, 15) is 14.4 Å². The molecule has 1 aliphatic rings. The van der Waals surface area contributed by atoms with Crippen molar-refractivity contribution in [3.63, 3.8) is 0 Å². The van der Waals surface area contributed by atoms with Crippen molar-refractivity contribution >= 4 is 23.9 Å². The number of carboxylic acid groups (broad SMARTS) is 1. The number of benzene rings is 2. The Labute approximate surface area is 162 Å². The number of rotatable bonds is 5. The average Bonchev–Trinajstić information content (AvgIpc) is 2.93. The van der Waals surface area contributed by atoms with Crippen LogP contribution in [0, 0.1) is 0 Å². The molecular weight excluding hydrogens is 358 g/mol. The topological polar surface area (TPSA) is 83.9 Å². The first kappa shape index (κ1) is 19.1. The molecule has 1 amide bonds. The number of carboxylic acids is 1. The van der Waals surface area contributed by atoms with Gasteiger partial charge >= 0.3 is 11.9 Å². The normalized spacial score (nSPS) is 15.3. The molecule has 0 bridgehead atoms. The van der Waals surface area contributed by atoms with Gasteiger partial charge in [0.15, 0.2) is 0 Å². The standard InChI is InChI=1S/C22H19NO5/c1-14-19(22(27)28-2)18(12-15-8-10-17(11-9-15)21(25)26)20(24)23(14)13-16-6-4-3-5-7-16/h3-12H,13H2,1-2H3,(H,25,26). The van der Waals surface area contributed by atoms with E-state index in [1.165, 1.54) is 19.2 Å². The van der Waals surface area contributed by atoms with Crippen LogP contribution in [0.25, 0.3) is 6.08 Å². The molecule has 0 unspecified atom stereocenters. The molecule has 0 radical (unpaired) electrons. The van der Waals surface area contributed by atoms with Gasteiger partial charge in [0, 0.05) is 5.70 Å². The van der Waals surface area contributed by atoms with Crippen LogP contribution < -0.4 is 0 Å². The third kappa shape index (κ3) is 3.71. The first-order valence-corrected chi connectivity index (χ1v) is 8.62. The molecule has 142 valence electrons. The van der Waals surface area contributed by atoms with Gasteiger partial charge in [-0.3, -0.25) is 4.79 Å². The molecule has 1 heterocycles. The lowest BCUT2D eigenvalue weighted by Gasteiger charge is -2.17. The molecule has 0 saturated carbocycles.